The molecule has 6 nitrogen and oxygen atoms in total. The first-order valence-corrected chi connectivity index (χ1v) is 11.5. The SMILES string of the molecule is CCc1cc2c(cc3n2CC(C)(C(=O)NC2CCCCC2)N(CCOC)C3=O)s1. The van der Waals surface area contributed by atoms with Crippen molar-refractivity contribution in [3.63, 3.8) is 0 Å². The molecule has 0 saturated heterocycles. The fourth-order valence-electron chi connectivity index (χ4n) is 4.68. The van der Waals surface area contributed by atoms with E-state index in [0.717, 1.165) is 42.3 Å². The molecule has 0 aromatic carbocycles. The second-order valence-corrected chi connectivity index (χ2v) is 9.63. The van der Waals surface area contributed by atoms with Gasteiger partial charge >= 0.3 is 0 Å². The molecule has 0 bridgehead atoms. The molecule has 4 rings (SSSR count). The lowest BCUT2D eigenvalue weighted by Gasteiger charge is -2.44. The van der Waals surface area contributed by atoms with E-state index in [9.17, 15) is 9.59 Å². The molecule has 158 valence electrons. The largest absolute Gasteiger partial charge is 0.383 e. The Morgan fingerprint density at radius 2 is 2.07 bits per heavy atom. The van der Waals surface area contributed by atoms with E-state index in [1.165, 1.54) is 11.3 Å². The third-order valence-corrected chi connectivity index (χ3v) is 7.68. The van der Waals surface area contributed by atoms with Crippen LogP contribution in [0.2, 0.25) is 0 Å². The van der Waals surface area contributed by atoms with Gasteiger partial charge in [0.1, 0.15) is 11.2 Å². The summed E-state index contributed by atoms with van der Waals surface area (Å²) in [6.45, 7) is 5.33. The molecule has 1 aliphatic heterocycles. The molecule has 7 heteroatoms. The number of nitrogens with zero attached hydrogens (tertiary/aromatic N) is 2. The number of nitrogens with one attached hydrogen (secondary N) is 1. The van der Waals surface area contributed by atoms with E-state index in [1.807, 2.05) is 13.0 Å². The molecule has 2 aromatic heterocycles. The van der Waals surface area contributed by atoms with Crippen LogP contribution in [0.5, 0.6) is 0 Å². The third-order valence-electron chi connectivity index (χ3n) is 6.46. The number of amides is 2. The monoisotopic (exact) mass is 417 g/mol. The summed E-state index contributed by atoms with van der Waals surface area (Å²) in [5.74, 6) is -0.136. The van der Waals surface area contributed by atoms with Crippen molar-refractivity contribution in [1.82, 2.24) is 14.8 Å². The first-order chi connectivity index (χ1) is 14.0. The lowest BCUT2D eigenvalue weighted by Crippen LogP contribution is -2.65. The van der Waals surface area contributed by atoms with Crippen molar-refractivity contribution in [3.05, 3.63) is 22.7 Å². The zero-order chi connectivity index (χ0) is 20.6. The number of carbonyl (C=O) groups excluding carboxylic acids is 2. The molecule has 2 aromatic rings. The molecule has 1 saturated carbocycles. The fraction of sp³-hybridized carbons (Fsp3) is 0.636. The van der Waals surface area contributed by atoms with Crippen LogP contribution >= 0.6 is 11.3 Å². The standard InChI is InChI=1S/C22H31N3O3S/c1-4-16-12-17-19(29-16)13-18-20(26)25(10-11-28-3)22(2,14-24(17)18)21(27)23-15-8-6-5-7-9-15/h12-13,15H,4-11,14H2,1-3H3,(H,23,27). The van der Waals surface area contributed by atoms with E-state index in [1.54, 1.807) is 23.3 Å². The van der Waals surface area contributed by atoms with Gasteiger partial charge in [-0.15, -0.1) is 11.3 Å². The Labute approximate surface area is 176 Å². The van der Waals surface area contributed by atoms with Crippen LogP contribution in [0.4, 0.5) is 0 Å². The van der Waals surface area contributed by atoms with Gasteiger partial charge in [0.25, 0.3) is 5.91 Å². The lowest BCUT2D eigenvalue weighted by molar-refractivity contribution is -0.134. The van der Waals surface area contributed by atoms with Gasteiger partial charge in [-0.2, -0.15) is 0 Å². The van der Waals surface area contributed by atoms with Gasteiger partial charge in [-0.25, -0.2) is 0 Å². The maximum Gasteiger partial charge on any atom is 0.271 e. The molecule has 3 heterocycles. The zero-order valence-corrected chi connectivity index (χ0v) is 18.4. The van der Waals surface area contributed by atoms with E-state index in [2.05, 4.69) is 22.9 Å². The van der Waals surface area contributed by atoms with Crippen LogP contribution in [-0.2, 0) is 22.5 Å². The molecule has 1 fully saturated rings. The molecular formula is C22H31N3O3S. The van der Waals surface area contributed by atoms with E-state index in [4.69, 9.17) is 4.74 Å². The van der Waals surface area contributed by atoms with Gasteiger partial charge < -0.3 is 19.5 Å². The number of aryl methyl sites for hydroxylation is 1. The average Bonchev–Trinajstić information content (AvgIpc) is 3.27. The second kappa shape index (κ2) is 8.11. The van der Waals surface area contributed by atoms with Crippen LogP contribution in [0.1, 0.15) is 61.3 Å². The number of hydrogen-bond donors (Lipinski definition) is 1. The average molecular weight is 418 g/mol. The quantitative estimate of drug-likeness (QED) is 0.781. The first kappa shape index (κ1) is 20.4. The van der Waals surface area contributed by atoms with Crippen molar-refractivity contribution in [2.75, 3.05) is 20.3 Å². The van der Waals surface area contributed by atoms with Crippen molar-refractivity contribution < 1.29 is 14.3 Å². The Morgan fingerprint density at radius 3 is 2.76 bits per heavy atom. The van der Waals surface area contributed by atoms with Gasteiger partial charge in [0.15, 0.2) is 0 Å². The molecule has 2 amide bonds. The predicted octanol–water partition coefficient (Wildman–Crippen LogP) is 3.58. The molecule has 29 heavy (non-hydrogen) atoms. The summed E-state index contributed by atoms with van der Waals surface area (Å²) in [5.41, 5.74) is 0.812. The van der Waals surface area contributed by atoms with Crippen molar-refractivity contribution in [2.45, 2.75) is 70.5 Å². The number of hydrogen-bond acceptors (Lipinski definition) is 4. The van der Waals surface area contributed by atoms with Crippen LogP contribution in [0.15, 0.2) is 12.1 Å². The number of methoxy groups -OCH3 is 1. The number of thiophene rings is 1. The summed E-state index contributed by atoms with van der Waals surface area (Å²) in [5, 5.41) is 3.26. The number of aromatic nitrogens is 1. The number of fused-ring (bicyclic) bond motifs is 3. The number of rotatable bonds is 6. The van der Waals surface area contributed by atoms with E-state index in [-0.39, 0.29) is 17.9 Å². The van der Waals surface area contributed by atoms with E-state index in [0.29, 0.717) is 25.4 Å². The Morgan fingerprint density at radius 1 is 1.31 bits per heavy atom. The van der Waals surface area contributed by atoms with Crippen LogP contribution < -0.4 is 5.32 Å². The number of carbonyl (C=O) groups is 2. The van der Waals surface area contributed by atoms with Crippen LogP contribution in [0.25, 0.3) is 10.2 Å². The van der Waals surface area contributed by atoms with Crippen molar-refractivity contribution >= 4 is 33.4 Å². The molecule has 1 N–H and O–H groups in total. The predicted molar refractivity (Wildman–Crippen MR) is 116 cm³/mol. The van der Waals surface area contributed by atoms with Crippen molar-refractivity contribution in [2.24, 2.45) is 0 Å². The Hall–Kier alpha value is -1.86. The second-order valence-electron chi connectivity index (χ2n) is 8.46. The molecule has 0 radical (unpaired) electrons. The van der Waals surface area contributed by atoms with Gasteiger partial charge in [0, 0.05) is 24.6 Å². The van der Waals surface area contributed by atoms with Crippen molar-refractivity contribution in [3.8, 4) is 0 Å². The first-order valence-electron chi connectivity index (χ1n) is 10.7. The van der Waals surface area contributed by atoms with Crippen LogP contribution in [0, 0.1) is 0 Å². The van der Waals surface area contributed by atoms with E-state index >= 15 is 0 Å². The summed E-state index contributed by atoms with van der Waals surface area (Å²) in [7, 11) is 1.62. The smallest absolute Gasteiger partial charge is 0.271 e. The lowest BCUT2D eigenvalue weighted by atomic mass is 9.91. The van der Waals surface area contributed by atoms with Gasteiger partial charge in [0.05, 0.1) is 23.4 Å². The summed E-state index contributed by atoms with van der Waals surface area (Å²) in [4.78, 5) is 29.9. The van der Waals surface area contributed by atoms with Gasteiger partial charge in [-0.3, -0.25) is 9.59 Å². The Kier molecular flexibility index (Phi) is 5.71. The molecule has 2 aliphatic rings. The summed E-state index contributed by atoms with van der Waals surface area (Å²) < 4.78 is 8.42. The third kappa shape index (κ3) is 3.59. The highest BCUT2D eigenvalue weighted by atomic mass is 32.1. The highest BCUT2D eigenvalue weighted by molar-refractivity contribution is 7.19. The topological polar surface area (TPSA) is 63.6 Å². The minimum atomic E-state index is -0.930. The summed E-state index contributed by atoms with van der Waals surface area (Å²) in [6.07, 6.45) is 6.58. The Balaban J connectivity index is 1.69. The van der Waals surface area contributed by atoms with Gasteiger partial charge in [0.2, 0.25) is 5.91 Å². The highest BCUT2D eigenvalue weighted by Crippen LogP contribution is 2.36. The zero-order valence-electron chi connectivity index (χ0n) is 17.6. The summed E-state index contributed by atoms with van der Waals surface area (Å²) in [6, 6.07) is 4.37. The molecule has 1 aliphatic carbocycles. The molecule has 1 atom stereocenters. The fourth-order valence-corrected chi connectivity index (χ4v) is 5.72. The number of ether oxygens (including phenoxy) is 1. The minimum Gasteiger partial charge on any atom is -0.383 e. The van der Waals surface area contributed by atoms with E-state index < -0.39 is 5.54 Å². The van der Waals surface area contributed by atoms with Crippen LogP contribution in [-0.4, -0.2) is 53.1 Å². The maximum absolute atomic E-state index is 13.5. The normalized spacial score (nSPS) is 22.9. The molecule has 0 spiro atoms. The van der Waals surface area contributed by atoms with Gasteiger partial charge in [-0.1, -0.05) is 26.2 Å². The molecule has 1 unspecified atom stereocenters. The highest BCUT2D eigenvalue weighted by Gasteiger charge is 2.48. The van der Waals surface area contributed by atoms with Crippen molar-refractivity contribution in [1.29, 1.82) is 0 Å². The maximum atomic E-state index is 13.5. The van der Waals surface area contributed by atoms with Crippen LogP contribution in [0.3, 0.4) is 0 Å². The Bertz CT molecular complexity index is 912. The van der Waals surface area contributed by atoms with Gasteiger partial charge in [-0.05, 0) is 38.3 Å². The summed E-state index contributed by atoms with van der Waals surface area (Å²) >= 11 is 1.73. The minimum absolute atomic E-state index is 0.0488. The molecular weight excluding hydrogens is 386 g/mol.